The van der Waals surface area contributed by atoms with E-state index in [1.165, 1.54) is 19.3 Å². The van der Waals surface area contributed by atoms with E-state index in [0.717, 1.165) is 38.1 Å². The molecule has 0 bridgehead atoms. The van der Waals surface area contributed by atoms with Crippen LogP contribution in [0.5, 0.6) is 0 Å². The highest BCUT2D eigenvalue weighted by molar-refractivity contribution is 5.78. The fourth-order valence-corrected chi connectivity index (χ4v) is 3.17. The maximum absolute atomic E-state index is 12.1. The summed E-state index contributed by atoms with van der Waals surface area (Å²) < 4.78 is 0. The molecule has 0 aromatic heterocycles. The summed E-state index contributed by atoms with van der Waals surface area (Å²) >= 11 is 0. The molecule has 0 aromatic rings. The Labute approximate surface area is 111 Å². The minimum Gasteiger partial charge on any atom is -0.355 e. The Morgan fingerprint density at radius 2 is 1.78 bits per heavy atom. The van der Waals surface area contributed by atoms with Crippen molar-refractivity contribution in [3.63, 3.8) is 0 Å². The molecule has 2 aliphatic carbocycles. The minimum atomic E-state index is 0.210. The quantitative estimate of drug-likeness (QED) is 0.807. The molecule has 3 N–H and O–H groups in total. The van der Waals surface area contributed by atoms with Gasteiger partial charge >= 0.3 is 0 Å². The summed E-state index contributed by atoms with van der Waals surface area (Å²) in [5.74, 6) is 1.27. The number of nitrogens with one attached hydrogen (secondary N) is 1. The molecule has 0 unspecified atom stereocenters. The Morgan fingerprint density at radius 3 is 2.28 bits per heavy atom. The lowest BCUT2D eigenvalue weighted by atomic mass is 9.67. The number of amides is 1. The monoisotopic (exact) mass is 252 g/mol. The first-order valence-corrected chi connectivity index (χ1v) is 7.52. The molecular formula is C15H28N2O. The lowest BCUT2D eigenvalue weighted by Gasteiger charge is -2.40. The van der Waals surface area contributed by atoms with Gasteiger partial charge in [-0.2, -0.15) is 0 Å². The largest absolute Gasteiger partial charge is 0.355 e. The summed E-state index contributed by atoms with van der Waals surface area (Å²) in [5, 5.41) is 3.18. The second-order valence-corrected chi connectivity index (χ2v) is 6.95. The highest BCUT2D eigenvalue weighted by Gasteiger charge is 2.34. The molecule has 2 rings (SSSR count). The van der Waals surface area contributed by atoms with Gasteiger partial charge in [0.2, 0.25) is 5.91 Å². The van der Waals surface area contributed by atoms with Crippen molar-refractivity contribution in [1.29, 1.82) is 0 Å². The van der Waals surface area contributed by atoms with E-state index in [4.69, 9.17) is 5.73 Å². The highest BCUT2D eigenvalue weighted by atomic mass is 16.1. The number of hydrogen-bond acceptors (Lipinski definition) is 2. The van der Waals surface area contributed by atoms with E-state index < -0.39 is 0 Å². The molecule has 2 fully saturated rings. The third-order valence-corrected chi connectivity index (χ3v) is 5.07. The molecule has 0 heterocycles. The summed E-state index contributed by atoms with van der Waals surface area (Å²) in [6.45, 7) is 5.40. The normalized spacial score (nSPS) is 29.7. The maximum Gasteiger partial charge on any atom is 0.223 e. The zero-order valence-electron chi connectivity index (χ0n) is 11.9. The Balaban J connectivity index is 1.74. The van der Waals surface area contributed by atoms with Gasteiger partial charge in [-0.1, -0.05) is 20.3 Å². The van der Waals surface area contributed by atoms with Gasteiger partial charge in [-0.05, 0) is 49.9 Å². The summed E-state index contributed by atoms with van der Waals surface area (Å²) in [6, 6.07) is 0.320. The molecule has 18 heavy (non-hydrogen) atoms. The molecule has 2 aliphatic rings. The van der Waals surface area contributed by atoms with Gasteiger partial charge in [-0.25, -0.2) is 0 Å². The zero-order chi connectivity index (χ0) is 13.2. The predicted octanol–water partition coefficient (Wildman–Crippen LogP) is 2.45. The third-order valence-electron chi connectivity index (χ3n) is 5.07. The molecule has 0 atom stereocenters. The summed E-state index contributed by atoms with van der Waals surface area (Å²) in [7, 11) is 0. The van der Waals surface area contributed by atoms with Crippen LogP contribution in [-0.4, -0.2) is 18.5 Å². The second kappa shape index (κ2) is 5.60. The highest BCUT2D eigenvalue weighted by Crippen LogP contribution is 2.41. The average Bonchev–Trinajstić information content (AvgIpc) is 2.24. The van der Waals surface area contributed by atoms with Gasteiger partial charge in [0.1, 0.15) is 0 Å². The van der Waals surface area contributed by atoms with Crippen LogP contribution < -0.4 is 11.1 Å². The standard InChI is InChI=1S/C15H28N2O/c1-15(2,12-4-3-5-12)10-17-14(18)11-6-8-13(16)9-7-11/h11-13H,3-10,16H2,1-2H3,(H,17,18). The van der Waals surface area contributed by atoms with E-state index in [0.29, 0.717) is 6.04 Å². The van der Waals surface area contributed by atoms with E-state index in [9.17, 15) is 4.79 Å². The van der Waals surface area contributed by atoms with Gasteiger partial charge < -0.3 is 11.1 Å². The van der Waals surface area contributed by atoms with E-state index in [2.05, 4.69) is 19.2 Å². The topological polar surface area (TPSA) is 55.1 Å². The van der Waals surface area contributed by atoms with Gasteiger partial charge in [-0.3, -0.25) is 4.79 Å². The van der Waals surface area contributed by atoms with Crippen LogP contribution in [0.15, 0.2) is 0 Å². The van der Waals surface area contributed by atoms with Crippen LogP contribution in [0.1, 0.15) is 58.8 Å². The smallest absolute Gasteiger partial charge is 0.223 e. The molecule has 3 nitrogen and oxygen atoms in total. The maximum atomic E-state index is 12.1. The molecule has 0 spiro atoms. The average molecular weight is 252 g/mol. The van der Waals surface area contributed by atoms with Crippen molar-refractivity contribution in [3.8, 4) is 0 Å². The summed E-state index contributed by atoms with van der Waals surface area (Å²) in [6.07, 6.45) is 7.98. The second-order valence-electron chi connectivity index (χ2n) is 6.95. The number of rotatable bonds is 4. The Morgan fingerprint density at radius 1 is 1.17 bits per heavy atom. The van der Waals surface area contributed by atoms with E-state index in [1.807, 2.05) is 0 Å². The number of nitrogens with two attached hydrogens (primary N) is 1. The molecular weight excluding hydrogens is 224 g/mol. The lowest BCUT2D eigenvalue weighted by molar-refractivity contribution is -0.126. The molecule has 0 aliphatic heterocycles. The fraction of sp³-hybridized carbons (Fsp3) is 0.933. The fourth-order valence-electron chi connectivity index (χ4n) is 3.17. The SMILES string of the molecule is CC(C)(CNC(=O)C1CCC(N)CC1)C1CCC1. The first-order chi connectivity index (χ1) is 8.49. The van der Waals surface area contributed by atoms with Crippen LogP contribution in [0.25, 0.3) is 0 Å². The van der Waals surface area contributed by atoms with E-state index in [1.54, 1.807) is 0 Å². The van der Waals surface area contributed by atoms with Crippen molar-refractivity contribution in [2.75, 3.05) is 6.54 Å². The minimum absolute atomic E-state index is 0.210. The third kappa shape index (κ3) is 3.25. The van der Waals surface area contributed by atoms with E-state index >= 15 is 0 Å². The van der Waals surface area contributed by atoms with E-state index in [-0.39, 0.29) is 17.2 Å². The van der Waals surface area contributed by atoms with Crippen LogP contribution in [0, 0.1) is 17.3 Å². The van der Waals surface area contributed by atoms with Crippen LogP contribution >= 0.6 is 0 Å². The Hall–Kier alpha value is -0.570. The molecule has 0 radical (unpaired) electrons. The molecule has 104 valence electrons. The van der Waals surface area contributed by atoms with Crippen molar-refractivity contribution >= 4 is 5.91 Å². The molecule has 1 amide bonds. The number of carbonyl (C=O) groups excluding carboxylic acids is 1. The molecule has 2 saturated carbocycles. The molecule has 0 aromatic carbocycles. The van der Waals surface area contributed by atoms with Gasteiger partial charge in [0.25, 0.3) is 0 Å². The number of carbonyl (C=O) groups is 1. The van der Waals surface area contributed by atoms with Crippen LogP contribution in [0.2, 0.25) is 0 Å². The van der Waals surface area contributed by atoms with Crippen molar-refractivity contribution in [2.24, 2.45) is 23.0 Å². The van der Waals surface area contributed by atoms with Crippen molar-refractivity contribution < 1.29 is 4.79 Å². The number of hydrogen-bond donors (Lipinski definition) is 2. The van der Waals surface area contributed by atoms with Crippen molar-refractivity contribution in [2.45, 2.75) is 64.8 Å². The van der Waals surface area contributed by atoms with Gasteiger partial charge in [0, 0.05) is 18.5 Å². The molecule has 0 saturated heterocycles. The zero-order valence-corrected chi connectivity index (χ0v) is 11.9. The van der Waals surface area contributed by atoms with Gasteiger partial charge in [0.05, 0.1) is 0 Å². The summed E-state index contributed by atoms with van der Waals surface area (Å²) in [4.78, 5) is 12.1. The molecule has 3 heteroatoms. The lowest BCUT2D eigenvalue weighted by Crippen LogP contribution is -2.44. The van der Waals surface area contributed by atoms with Crippen LogP contribution in [0.4, 0.5) is 0 Å². The van der Waals surface area contributed by atoms with Crippen molar-refractivity contribution in [1.82, 2.24) is 5.32 Å². The Kier molecular flexibility index (Phi) is 4.31. The predicted molar refractivity (Wildman–Crippen MR) is 74.1 cm³/mol. The first-order valence-electron chi connectivity index (χ1n) is 7.52. The Bertz CT molecular complexity index is 289. The summed E-state index contributed by atoms with van der Waals surface area (Å²) in [5.41, 5.74) is 6.14. The van der Waals surface area contributed by atoms with Crippen LogP contribution in [0.3, 0.4) is 0 Å². The van der Waals surface area contributed by atoms with Crippen molar-refractivity contribution in [3.05, 3.63) is 0 Å². The van der Waals surface area contributed by atoms with Gasteiger partial charge in [-0.15, -0.1) is 0 Å². The van der Waals surface area contributed by atoms with Crippen LogP contribution in [-0.2, 0) is 4.79 Å². The first kappa shape index (κ1) is 13.9. The van der Waals surface area contributed by atoms with Gasteiger partial charge in [0.15, 0.2) is 0 Å².